The van der Waals surface area contributed by atoms with Crippen LogP contribution in [0.3, 0.4) is 0 Å². The average Bonchev–Trinajstić information content (AvgIpc) is 3.14. The molecule has 0 aromatic heterocycles. The number of hydrogen-bond donors (Lipinski definition) is 1. The van der Waals surface area contributed by atoms with Gasteiger partial charge in [0.2, 0.25) is 5.91 Å². The molecule has 2 aromatic carbocycles. The van der Waals surface area contributed by atoms with Crippen LogP contribution in [0.15, 0.2) is 48.5 Å². The molecule has 3 amide bonds. The lowest BCUT2D eigenvalue weighted by Gasteiger charge is -2.28. The van der Waals surface area contributed by atoms with Gasteiger partial charge in [0.25, 0.3) is 0 Å². The number of likely N-dealkylation sites (tertiary alicyclic amines) is 1. The number of likely N-dealkylation sites (N-methyl/N-ethyl adjacent to an activating group) is 1. The summed E-state index contributed by atoms with van der Waals surface area (Å²) < 4.78 is 0. The van der Waals surface area contributed by atoms with E-state index in [0.717, 1.165) is 12.0 Å². The minimum absolute atomic E-state index is 0.0614. The molecule has 1 aliphatic heterocycles. The van der Waals surface area contributed by atoms with Gasteiger partial charge >= 0.3 is 6.03 Å². The van der Waals surface area contributed by atoms with E-state index in [2.05, 4.69) is 5.32 Å². The predicted octanol–water partition coefficient (Wildman–Crippen LogP) is 4.65. The molecule has 0 bridgehead atoms. The maximum absolute atomic E-state index is 12.9. The van der Waals surface area contributed by atoms with E-state index >= 15 is 0 Å². The average molecular weight is 406 g/mol. The molecule has 1 N–H and O–H groups in total. The van der Waals surface area contributed by atoms with Crippen molar-refractivity contribution in [2.75, 3.05) is 18.9 Å². The summed E-state index contributed by atoms with van der Waals surface area (Å²) in [5.41, 5.74) is 1.64. The van der Waals surface area contributed by atoms with Crippen LogP contribution in [0.5, 0.6) is 0 Å². The molecular weight excluding hydrogens is 385 g/mol. The Labute approximate surface area is 168 Å². The lowest BCUT2D eigenvalue weighted by atomic mass is 10.1. The van der Waals surface area contributed by atoms with Crippen molar-refractivity contribution in [3.63, 3.8) is 0 Å². The van der Waals surface area contributed by atoms with Gasteiger partial charge < -0.3 is 15.1 Å². The largest absolute Gasteiger partial charge is 0.340 e. The first-order valence-corrected chi connectivity index (χ1v) is 9.52. The second-order valence-corrected chi connectivity index (χ2v) is 7.48. The summed E-state index contributed by atoms with van der Waals surface area (Å²) in [6.07, 6.45) is 1.47. The lowest BCUT2D eigenvalue weighted by Crippen LogP contribution is -2.47. The minimum atomic E-state index is -0.449. The summed E-state index contributed by atoms with van der Waals surface area (Å²) in [6, 6.07) is 13.6. The van der Waals surface area contributed by atoms with Gasteiger partial charge in [-0.3, -0.25) is 4.79 Å². The summed E-state index contributed by atoms with van der Waals surface area (Å²) >= 11 is 11.8. The summed E-state index contributed by atoms with van der Waals surface area (Å²) in [7, 11) is 1.75. The highest BCUT2D eigenvalue weighted by molar-refractivity contribution is 6.30. The van der Waals surface area contributed by atoms with Crippen molar-refractivity contribution >= 4 is 40.8 Å². The summed E-state index contributed by atoms with van der Waals surface area (Å²) in [5.74, 6) is -0.0614. The quantitative estimate of drug-likeness (QED) is 0.804. The van der Waals surface area contributed by atoms with Crippen LogP contribution in [-0.2, 0) is 11.3 Å². The van der Waals surface area contributed by atoms with Gasteiger partial charge in [0.1, 0.15) is 6.04 Å². The Morgan fingerprint density at radius 2 is 1.67 bits per heavy atom. The fourth-order valence-electron chi connectivity index (χ4n) is 3.19. The zero-order valence-corrected chi connectivity index (χ0v) is 16.5. The molecule has 0 saturated carbocycles. The van der Waals surface area contributed by atoms with Crippen LogP contribution in [0.1, 0.15) is 18.4 Å². The van der Waals surface area contributed by atoms with E-state index < -0.39 is 6.04 Å². The Morgan fingerprint density at radius 1 is 1.07 bits per heavy atom. The molecule has 3 rings (SSSR count). The van der Waals surface area contributed by atoms with Crippen LogP contribution in [0.25, 0.3) is 0 Å². The number of halogens is 2. The van der Waals surface area contributed by atoms with Gasteiger partial charge in [-0.1, -0.05) is 35.3 Å². The molecule has 0 unspecified atom stereocenters. The molecule has 0 radical (unpaired) electrons. The van der Waals surface area contributed by atoms with Crippen molar-refractivity contribution in [3.8, 4) is 0 Å². The molecule has 0 spiro atoms. The van der Waals surface area contributed by atoms with E-state index in [1.807, 2.05) is 12.1 Å². The van der Waals surface area contributed by atoms with Crippen molar-refractivity contribution < 1.29 is 9.59 Å². The van der Waals surface area contributed by atoms with Crippen LogP contribution in [0.4, 0.5) is 10.5 Å². The van der Waals surface area contributed by atoms with Crippen molar-refractivity contribution in [1.29, 1.82) is 0 Å². The van der Waals surface area contributed by atoms with Gasteiger partial charge in [-0.15, -0.1) is 0 Å². The van der Waals surface area contributed by atoms with Crippen LogP contribution in [0, 0.1) is 0 Å². The number of carbonyl (C=O) groups is 2. The van der Waals surface area contributed by atoms with Crippen molar-refractivity contribution in [2.24, 2.45) is 0 Å². The van der Waals surface area contributed by atoms with E-state index in [1.54, 1.807) is 53.2 Å². The number of nitrogens with one attached hydrogen (secondary N) is 1. The van der Waals surface area contributed by atoms with Crippen LogP contribution < -0.4 is 5.32 Å². The van der Waals surface area contributed by atoms with Gasteiger partial charge in [-0.2, -0.15) is 0 Å². The SMILES string of the molecule is CN(Cc1ccc(Cl)cc1)C(=O)[C@H]1CCCN1C(=O)Nc1ccc(Cl)cc1. The van der Waals surface area contributed by atoms with E-state index in [9.17, 15) is 9.59 Å². The first kappa shape index (κ1) is 19.5. The van der Waals surface area contributed by atoms with Crippen molar-refractivity contribution in [2.45, 2.75) is 25.4 Å². The monoisotopic (exact) mass is 405 g/mol. The van der Waals surface area contributed by atoms with Crippen LogP contribution >= 0.6 is 23.2 Å². The Balaban J connectivity index is 1.63. The Bertz CT molecular complexity index is 809. The molecule has 1 aliphatic rings. The van der Waals surface area contributed by atoms with E-state index in [0.29, 0.717) is 35.2 Å². The Kier molecular flexibility index (Phi) is 6.24. The molecule has 142 valence electrons. The minimum Gasteiger partial charge on any atom is -0.340 e. The normalized spacial score (nSPS) is 16.3. The van der Waals surface area contributed by atoms with E-state index in [1.165, 1.54) is 0 Å². The molecule has 1 heterocycles. The second-order valence-electron chi connectivity index (χ2n) is 6.61. The number of anilines is 1. The fourth-order valence-corrected chi connectivity index (χ4v) is 3.44. The topological polar surface area (TPSA) is 52.7 Å². The molecular formula is C20H21Cl2N3O2. The Hall–Kier alpha value is -2.24. The van der Waals surface area contributed by atoms with Gasteiger partial charge in [0.05, 0.1) is 0 Å². The number of carbonyl (C=O) groups excluding carboxylic acids is 2. The van der Waals surface area contributed by atoms with Gasteiger partial charge in [0, 0.05) is 35.9 Å². The number of amides is 3. The number of urea groups is 1. The molecule has 1 saturated heterocycles. The predicted molar refractivity (Wildman–Crippen MR) is 108 cm³/mol. The number of nitrogens with zero attached hydrogens (tertiary/aromatic N) is 2. The smallest absolute Gasteiger partial charge is 0.322 e. The second kappa shape index (κ2) is 8.63. The fraction of sp³-hybridized carbons (Fsp3) is 0.300. The molecule has 1 atom stereocenters. The van der Waals surface area contributed by atoms with Crippen LogP contribution in [-0.4, -0.2) is 41.4 Å². The van der Waals surface area contributed by atoms with Gasteiger partial charge in [0.15, 0.2) is 0 Å². The summed E-state index contributed by atoms with van der Waals surface area (Å²) in [5, 5.41) is 4.10. The highest BCUT2D eigenvalue weighted by atomic mass is 35.5. The molecule has 1 fully saturated rings. The zero-order chi connectivity index (χ0) is 19.4. The molecule has 0 aliphatic carbocycles. The zero-order valence-electron chi connectivity index (χ0n) is 15.0. The molecule has 5 nitrogen and oxygen atoms in total. The van der Waals surface area contributed by atoms with Gasteiger partial charge in [-0.25, -0.2) is 4.79 Å². The lowest BCUT2D eigenvalue weighted by molar-refractivity contribution is -0.134. The third kappa shape index (κ3) is 4.93. The third-order valence-corrected chi connectivity index (χ3v) is 5.11. The maximum Gasteiger partial charge on any atom is 0.322 e. The summed E-state index contributed by atoms with van der Waals surface area (Å²) in [6.45, 7) is 1.03. The first-order chi connectivity index (χ1) is 12.9. The number of hydrogen-bond acceptors (Lipinski definition) is 2. The molecule has 7 heteroatoms. The van der Waals surface area contributed by atoms with E-state index in [4.69, 9.17) is 23.2 Å². The summed E-state index contributed by atoms with van der Waals surface area (Å²) in [4.78, 5) is 28.8. The number of benzene rings is 2. The first-order valence-electron chi connectivity index (χ1n) is 8.76. The van der Waals surface area contributed by atoms with E-state index in [-0.39, 0.29) is 11.9 Å². The standard InChI is InChI=1S/C20H21Cl2N3O2/c1-24(13-14-4-6-15(21)7-5-14)19(26)18-3-2-12-25(18)20(27)23-17-10-8-16(22)9-11-17/h4-11,18H,2-3,12-13H2,1H3,(H,23,27)/t18-/m1/s1. The van der Waals surface area contributed by atoms with Gasteiger partial charge in [-0.05, 0) is 54.8 Å². The Morgan fingerprint density at radius 3 is 2.30 bits per heavy atom. The van der Waals surface area contributed by atoms with Crippen molar-refractivity contribution in [1.82, 2.24) is 9.80 Å². The highest BCUT2D eigenvalue weighted by Gasteiger charge is 2.35. The highest BCUT2D eigenvalue weighted by Crippen LogP contribution is 2.22. The van der Waals surface area contributed by atoms with Crippen LogP contribution in [0.2, 0.25) is 10.0 Å². The molecule has 2 aromatic rings. The van der Waals surface area contributed by atoms with Crippen molar-refractivity contribution in [3.05, 3.63) is 64.1 Å². The third-order valence-electron chi connectivity index (χ3n) is 4.60. The number of rotatable bonds is 4. The maximum atomic E-state index is 12.9. The molecule has 27 heavy (non-hydrogen) atoms.